The van der Waals surface area contributed by atoms with Crippen LogP contribution >= 0.6 is 11.8 Å². The van der Waals surface area contributed by atoms with Crippen molar-refractivity contribution in [1.82, 2.24) is 19.7 Å². The van der Waals surface area contributed by atoms with Gasteiger partial charge in [0.15, 0.2) is 11.0 Å². The van der Waals surface area contributed by atoms with Crippen molar-refractivity contribution in [3.63, 3.8) is 0 Å². The zero-order valence-electron chi connectivity index (χ0n) is 15.6. The highest BCUT2D eigenvalue weighted by atomic mass is 32.2. The second-order valence-corrected chi connectivity index (χ2v) is 8.04. The zero-order valence-corrected chi connectivity index (χ0v) is 16.4. The van der Waals surface area contributed by atoms with E-state index in [4.69, 9.17) is 0 Å². The number of carbonyl (C=O) groups excluding carboxylic acids is 1. The SMILES string of the molecule is CCn1c(SCC(=O)N2C[C@H](C)C[C@@H](C)C2)nnc1-c1ccccc1O. The molecule has 0 unspecified atom stereocenters. The van der Waals surface area contributed by atoms with Crippen molar-refractivity contribution in [2.24, 2.45) is 11.8 Å². The van der Waals surface area contributed by atoms with Gasteiger partial charge in [0.1, 0.15) is 5.75 Å². The summed E-state index contributed by atoms with van der Waals surface area (Å²) >= 11 is 1.41. The number of para-hydroxylation sites is 1. The predicted octanol–water partition coefficient (Wildman–Crippen LogP) is 3.27. The Labute approximate surface area is 158 Å². The molecule has 1 aliphatic heterocycles. The molecule has 1 N–H and O–H groups in total. The molecule has 0 saturated carbocycles. The number of phenols is 1. The molecule has 2 heterocycles. The van der Waals surface area contributed by atoms with Crippen LogP contribution in [0.25, 0.3) is 11.4 Å². The van der Waals surface area contributed by atoms with Crippen molar-refractivity contribution in [2.45, 2.75) is 38.9 Å². The van der Waals surface area contributed by atoms with Crippen LogP contribution in [0.15, 0.2) is 29.4 Å². The average Bonchev–Trinajstić information content (AvgIpc) is 3.01. The number of nitrogens with zero attached hydrogens (tertiary/aromatic N) is 4. The first-order valence-corrected chi connectivity index (χ1v) is 10.1. The summed E-state index contributed by atoms with van der Waals surface area (Å²) in [5.74, 6) is 2.43. The van der Waals surface area contributed by atoms with Crippen LogP contribution in [-0.2, 0) is 11.3 Å². The summed E-state index contributed by atoms with van der Waals surface area (Å²) in [4.78, 5) is 14.6. The molecule has 2 atom stereocenters. The van der Waals surface area contributed by atoms with Crippen LogP contribution in [0.1, 0.15) is 27.2 Å². The fourth-order valence-electron chi connectivity index (χ4n) is 3.63. The summed E-state index contributed by atoms with van der Waals surface area (Å²) < 4.78 is 1.94. The number of aromatic nitrogens is 3. The maximum atomic E-state index is 12.6. The van der Waals surface area contributed by atoms with Gasteiger partial charge in [-0.15, -0.1) is 10.2 Å². The number of hydrogen-bond acceptors (Lipinski definition) is 5. The number of benzene rings is 1. The van der Waals surface area contributed by atoms with E-state index >= 15 is 0 Å². The van der Waals surface area contributed by atoms with Gasteiger partial charge in [0.2, 0.25) is 5.91 Å². The number of carbonyl (C=O) groups is 1. The Kier molecular flexibility index (Phi) is 5.86. The Hall–Kier alpha value is -2.02. The number of aromatic hydroxyl groups is 1. The molecule has 0 bridgehead atoms. The minimum atomic E-state index is 0.156. The lowest BCUT2D eigenvalue weighted by Crippen LogP contribution is -2.43. The third-order valence-corrected chi connectivity index (χ3v) is 5.68. The van der Waals surface area contributed by atoms with Crippen LogP contribution in [-0.4, -0.2) is 49.5 Å². The summed E-state index contributed by atoms with van der Waals surface area (Å²) in [5, 5.41) is 19.3. The molecule has 1 saturated heterocycles. The van der Waals surface area contributed by atoms with Gasteiger partial charge in [-0.2, -0.15) is 0 Å². The van der Waals surface area contributed by atoms with E-state index in [1.54, 1.807) is 12.1 Å². The Morgan fingerprint density at radius 2 is 1.92 bits per heavy atom. The molecular formula is C19H26N4O2S. The van der Waals surface area contributed by atoms with Crippen LogP contribution in [0.2, 0.25) is 0 Å². The van der Waals surface area contributed by atoms with Gasteiger partial charge in [0, 0.05) is 19.6 Å². The molecule has 1 fully saturated rings. The van der Waals surface area contributed by atoms with E-state index in [9.17, 15) is 9.90 Å². The standard InChI is InChI=1S/C19H26N4O2S/c1-4-23-18(15-7-5-6-8-16(15)24)20-21-19(23)26-12-17(25)22-10-13(2)9-14(3)11-22/h5-8,13-14,24H,4,9-12H2,1-3H3/t13-,14-/m1/s1. The molecule has 6 nitrogen and oxygen atoms in total. The number of piperidine rings is 1. The van der Waals surface area contributed by atoms with Crippen molar-refractivity contribution in [2.75, 3.05) is 18.8 Å². The lowest BCUT2D eigenvalue weighted by Gasteiger charge is -2.34. The molecule has 1 aliphatic rings. The van der Waals surface area contributed by atoms with E-state index in [1.165, 1.54) is 18.2 Å². The molecule has 0 radical (unpaired) electrons. The molecular weight excluding hydrogens is 348 g/mol. The Morgan fingerprint density at radius 1 is 1.23 bits per heavy atom. The Bertz CT molecular complexity index is 767. The largest absolute Gasteiger partial charge is 0.507 e. The topological polar surface area (TPSA) is 71.2 Å². The van der Waals surface area contributed by atoms with E-state index < -0.39 is 0 Å². The van der Waals surface area contributed by atoms with Crippen LogP contribution in [0, 0.1) is 11.8 Å². The number of amides is 1. The third-order valence-electron chi connectivity index (χ3n) is 4.72. The van der Waals surface area contributed by atoms with Crippen LogP contribution < -0.4 is 0 Å². The molecule has 0 aliphatic carbocycles. The zero-order chi connectivity index (χ0) is 18.7. The van der Waals surface area contributed by atoms with Gasteiger partial charge < -0.3 is 14.6 Å². The highest BCUT2D eigenvalue weighted by molar-refractivity contribution is 7.99. The van der Waals surface area contributed by atoms with Gasteiger partial charge in [-0.25, -0.2) is 0 Å². The van der Waals surface area contributed by atoms with E-state index in [-0.39, 0.29) is 11.7 Å². The highest BCUT2D eigenvalue weighted by Crippen LogP contribution is 2.30. The number of hydrogen-bond donors (Lipinski definition) is 1. The smallest absolute Gasteiger partial charge is 0.233 e. The summed E-state index contributed by atoms with van der Waals surface area (Å²) in [6.07, 6.45) is 1.19. The average molecular weight is 375 g/mol. The molecule has 2 aromatic rings. The molecule has 0 spiro atoms. The quantitative estimate of drug-likeness (QED) is 0.814. The molecule has 3 rings (SSSR count). The fourth-order valence-corrected chi connectivity index (χ4v) is 4.53. The molecule has 1 aromatic carbocycles. The number of likely N-dealkylation sites (tertiary alicyclic amines) is 1. The van der Waals surface area contributed by atoms with Gasteiger partial charge in [-0.1, -0.05) is 37.7 Å². The first kappa shape index (κ1) is 18.8. The summed E-state index contributed by atoms with van der Waals surface area (Å²) in [7, 11) is 0. The number of thioether (sulfide) groups is 1. The maximum absolute atomic E-state index is 12.6. The molecule has 1 aromatic heterocycles. The first-order chi connectivity index (χ1) is 12.5. The fraction of sp³-hybridized carbons (Fsp3) is 0.526. The van der Waals surface area contributed by atoms with E-state index in [0.717, 1.165) is 13.1 Å². The second-order valence-electron chi connectivity index (χ2n) is 7.10. The van der Waals surface area contributed by atoms with Crippen molar-refractivity contribution < 1.29 is 9.90 Å². The third kappa shape index (κ3) is 4.03. The number of phenolic OH excluding ortho intramolecular Hbond substituents is 1. The van der Waals surface area contributed by atoms with Gasteiger partial charge >= 0.3 is 0 Å². The van der Waals surface area contributed by atoms with Crippen molar-refractivity contribution in [3.05, 3.63) is 24.3 Å². The highest BCUT2D eigenvalue weighted by Gasteiger charge is 2.26. The van der Waals surface area contributed by atoms with Crippen molar-refractivity contribution in [3.8, 4) is 17.1 Å². The van der Waals surface area contributed by atoms with Crippen LogP contribution in [0.5, 0.6) is 5.75 Å². The molecule has 7 heteroatoms. The molecule has 140 valence electrons. The second kappa shape index (κ2) is 8.12. The van der Waals surface area contributed by atoms with Crippen molar-refractivity contribution >= 4 is 17.7 Å². The Balaban J connectivity index is 1.71. The molecule has 26 heavy (non-hydrogen) atoms. The summed E-state index contributed by atoms with van der Waals surface area (Å²) in [6.45, 7) is 8.77. The minimum absolute atomic E-state index is 0.156. The predicted molar refractivity (Wildman–Crippen MR) is 103 cm³/mol. The lowest BCUT2D eigenvalue weighted by molar-refractivity contribution is -0.130. The maximum Gasteiger partial charge on any atom is 0.233 e. The number of rotatable bonds is 5. The normalized spacial score (nSPS) is 20.3. The van der Waals surface area contributed by atoms with Crippen LogP contribution in [0.3, 0.4) is 0 Å². The van der Waals surface area contributed by atoms with E-state index in [1.807, 2.05) is 28.5 Å². The monoisotopic (exact) mass is 374 g/mol. The van der Waals surface area contributed by atoms with Gasteiger partial charge in [0.25, 0.3) is 0 Å². The van der Waals surface area contributed by atoms with E-state index in [2.05, 4.69) is 24.0 Å². The van der Waals surface area contributed by atoms with Crippen LogP contribution in [0.4, 0.5) is 0 Å². The lowest BCUT2D eigenvalue weighted by atomic mass is 9.92. The van der Waals surface area contributed by atoms with Gasteiger partial charge in [-0.3, -0.25) is 4.79 Å². The van der Waals surface area contributed by atoms with Gasteiger partial charge in [0.05, 0.1) is 11.3 Å². The molecule has 1 amide bonds. The summed E-state index contributed by atoms with van der Waals surface area (Å²) in [6, 6.07) is 7.10. The van der Waals surface area contributed by atoms with E-state index in [0.29, 0.717) is 40.7 Å². The van der Waals surface area contributed by atoms with Gasteiger partial charge in [-0.05, 0) is 37.3 Å². The Morgan fingerprint density at radius 3 is 2.58 bits per heavy atom. The first-order valence-electron chi connectivity index (χ1n) is 9.11. The summed E-state index contributed by atoms with van der Waals surface area (Å²) in [5.41, 5.74) is 0.652. The minimum Gasteiger partial charge on any atom is -0.507 e. The van der Waals surface area contributed by atoms with Crippen molar-refractivity contribution in [1.29, 1.82) is 0 Å².